The minimum absolute atomic E-state index is 0.0604. The number of aromatic nitrogens is 1. The Morgan fingerprint density at radius 3 is 3.20 bits per heavy atom. The smallest absolute Gasteiger partial charge is 0.326 e. The van der Waals surface area contributed by atoms with Gasteiger partial charge in [0.05, 0.1) is 6.61 Å². The first-order valence-corrected chi connectivity index (χ1v) is 5.04. The Morgan fingerprint density at radius 1 is 1.80 bits per heavy atom. The van der Waals surface area contributed by atoms with Crippen LogP contribution in [-0.2, 0) is 9.53 Å². The van der Waals surface area contributed by atoms with E-state index in [2.05, 4.69) is 4.98 Å². The second-order valence-electron chi connectivity index (χ2n) is 3.80. The molecular formula is C11H14N2O2. The van der Waals surface area contributed by atoms with Crippen LogP contribution < -0.4 is 5.73 Å². The molecule has 15 heavy (non-hydrogen) atoms. The Morgan fingerprint density at radius 2 is 2.60 bits per heavy atom. The van der Waals surface area contributed by atoms with E-state index in [9.17, 15) is 4.79 Å². The quantitative estimate of drug-likeness (QED) is 0.744. The lowest BCUT2D eigenvalue weighted by Gasteiger charge is -2.09. The van der Waals surface area contributed by atoms with Crippen LogP contribution in [0.25, 0.3) is 0 Å². The van der Waals surface area contributed by atoms with Crippen LogP contribution in [0.2, 0.25) is 0 Å². The Balaban J connectivity index is 2.09. The number of pyridine rings is 1. The van der Waals surface area contributed by atoms with Gasteiger partial charge < -0.3 is 10.5 Å². The lowest BCUT2D eigenvalue weighted by molar-refractivity contribution is -0.145. The van der Waals surface area contributed by atoms with Crippen LogP contribution in [0.4, 0.5) is 0 Å². The minimum Gasteiger partial charge on any atom is -0.465 e. The summed E-state index contributed by atoms with van der Waals surface area (Å²) >= 11 is 0. The molecule has 1 aromatic heterocycles. The molecule has 1 aromatic rings. The monoisotopic (exact) mass is 206 g/mol. The molecule has 0 aliphatic heterocycles. The van der Waals surface area contributed by atoms with E-state index in [1.165, 1.54) is 0 Å². The van der Waals surface area contributed by atoms with E-state index in [1.807, 2.05) is 12.1 Å². The largest absolute Gasteiger partial charge is 0.465 e. The standard InChI is InChI=1S/C11H14N2O2/c1-2-15-10(14)11(12)6-9(11)8-4-3-5-13-7-8/h3-5,7,9H,2,6,12H2,1H3. The van der Waals surface area contributed by atoms with Gasteiger partial charge in [-0.1, -0.05) is 6.07 Å². The van der Waals surface area contributed by atoms with E-state index in [0.717, 1.165) is 5.56 Å². The molecule has 1 aliphatic carbocycles. The molecular weight excluding hydrogens is 192 g/mol. The molecule has 0 spiro atoms. The lowest BCUT2D eigenvalue weighted by atomic mass is 10.1. The van der Waals surface area contributed by atoms with E-state index >= 15 is 0 Å². The molecule has 80 valence electrons. The molecule has 1 saturated carbocycles. The summed E-state index contributed by atoms with van der Waals surface area (Å²) in [5.74, 6) is -0.246. The second-order valence-corrected chi connectivity index (χ2v) is 3.80. The van der Waals surface area contributed by atoms with Crippen LogP contribution in [0, 0.1) is 0 Å². The SMILES string of the molecule is CCOC(=O)C1(N)CC1c1cccnc1. The van der Waals surface area contributed by atoms with Crippen molar-refractivity contribution in [2.24, 2.45) is 5.73 Å². The highest BCUT2D eigenvalue weighted by Gasteiger charge is 2.59. The van der Waals surface area contributed by atoms with E-state index < -0.39 is 5.54 Å². The summed E-state index contributed by atoms with van der Waals surface area (Å²) in [6.45, 7) is 2.15. The molecule has 2 unspecified atom stereocenters. The number of hydrogen-bond acceptors (Lipinski definition) is 4. The van der Waals surface area contributed by atoms with E-state index in [0.29, 0.717) is 13.0 Å². The lowest BCUT2D eigenvalue weighted by Crippen LogP contribution is -2.36. The number of ether oxygens (including phenoxy) is 1. The summed E-state index contributed by atoms with van der Waals surface area (Å²) in [6, 6.07) is 3.78. The zero-order valence-corrected chi connectivity index (χ0v) is 8.64. The van der Waals surface area contributed by atoms with Crippen LogP contribution in [0.3, 0.4) is 0 Å². The summed E-state index contributed by atoms with van der Waals surface area (Å²) in [4.78, 5) is 15.6. The van der Waals surface area contributed by atoms with Gasteiger partial charge in [-0.25, -0.2) is 0 Å². The van der Waals surface area contributed by atoms with Gasteiger partial charge in [-0.15, -0.1) is 0 Å². The van der Waals surface area contributed by atoms with Gasteiger partial charge in [-0.2, -0.15) is 0 Å². The van der Waals surface area contributed by atoms with Crippen molar-refractivity contribution in [1.29, 1.82) is 0 Å². The maximum atomic E-state index is 11.5. The highest BCUT2D eigenvalue weighted by molar-refractivity contribution is 5.86. The molecule has 4 heteroatoms. The van der Waals surface area contributed by atoms with Crippen molar-refractivity contribution in [2.75, 3.05) is 6.61 Å². The van der Waals surface area contributed by atoms with Gasteiger partial charge >= 0.3 is 5.97 Å². The molecule has 2 rings (SSSR count). The molecule has 2 atom stereocenters. The first-order valence-electron chi connectivity index (χ1n) is 5.04. The van der Waals surface area contributed by atoms with Crippen molar-refractivity contribution in [1.82, 2.24) is 4.98 Å². The Kier molecular flexibility index (Phi) is 2.44. The average Bonchev–Trinajstić information content (AvgIpc) is 2.94. The molecule has 0 radical (unpaired) electrons. The molecule has 4 nitrogen and oxygen atoms in total. The fraction of sp³-hybridized carbons (Fsp3) is 0.455. The number of rotatable bonds is 3. The van der Waals surface area contributed by atoms with Crippen molar-refractivity contribution in [2.45, 2.75) is 24.8 Å². The molecule has 0 aromatic carbocycles. The van der Waals surface area contributed by atoms with Crippen LogP contribution >= 0.6 is 0 Å². The van der Waals surface area contributed by atoms with Crippen molar-refractivity contribution in [3.8, 4) is 0 Å². The summed E-state index contributed by atoms with van der Waals surface area (Å²) in [7, 11) is 0. The third-order valence-electron chi connectivity index (χ3n) is 2.75. The van der Waals surface area contributed by atoms with Crippen LogP contribution in [0.5, 0.6) is 0 Å². The minimum atomic E-state index is -0.820. The van der Waals surface area contributed by atoms with Crippen LogP contribution in [-0.4, -0.2) is 23.1 Å². The fourth-order valence-corrected chi connectivity index (χ4v) is 1.77. The van der Waals surface area contributed by atoms with Gasteiger partial charge in [0.15, 0.2) is 0 Å². The normalized spacial score (nSPS) is 28.5. The summed E-state index contributed by atoms with van der Waals surface area (Å²) in [6.07, 6.45) is 4.10. The number of nitrogens with zero attached hydrogens (tertiary/aromatic N) is 1. The maximum Gasteiger partial charge on any atom is 0.326 e. The van der Waals surface area contributed by atoms with Crippen molar-refractivity contribution < 1.29 is 9.53 Å². The number of carbonyl (C=O) groups excluding carboxylic acids is 1. The van der Waals surface area contributed by atoms with Gasteiger partial charge in [0.1, 0.15) is 5.54 Å². The first-order chi connectivity index (χ1) is 7.18. The predicted molar refractivity (Wildman–Crippen MR) is 55.1 cm³/mol. The van der Waals surface area contributed by atoms with Crippen LogP contribution in [0.1, 0.15) is 24.8 Å². The van der Waals surface area contributed by atoms with E-state index in [4.69, 9.17) is 10.5 Å². The average molecular weight is 206 g/mol. The van der Waals surface area contributed by atoms with Crippen LogP contribution in [0.15, 0.2) is 24.5 Å². The molecule has 0 saturated heterocycles. The Hall–Kier alpha value is -1.42. The molecule has 0 bridgehead atoms. The van der Waals surface area contributed by atoms with Crippen molar-refractivity contribution in [3.05, 3.63) is 30.1 Å². The van der Waals surface area contributed by atoms with Gasteiger partial charge in [-0.3, -0.25) is 9.78 Å². The third-order valence-corrected chi connectivity index (χ3v) is 2.75. The van der Waals surface area contributed by atoms with Gasteiger partial charge in [0.2, 0.25) is 0 Å². The highest BCUT2D eigenvalue weighted by atomic mass is 16.5. The van der Waals surface area contributed by atoms with Crippen molar-refractivity contribution in [3.63, 3.8) is 0 Å². The fourth-order valence-electron chi connectivity index (χ4n) is 1.77. The number of hydrogen-bond donors (Lipinski definition) is 1. The Labute approximate surface area is 88.4 Å². The molecule has 1 fully saturated rings. The number of nitrogens with two attached hydrogens (primary N) is 1. The zero-order chi connectivity index (χ0) is 10.9. The summed E-state index contributed by atoms with van der Waals surface area (Å²) < 4.78 is 4.94. The Bertz CT molecular complexity index is 366. The second kappa shape index (κ2) is 3.62. The van der Waals surface area contributed by atoms with Gasteiger partial charge in [-0.05, 0) is 25.0 Å². The van der Waals surface area contributed by atoms with Gasteiger partial charge in [0, 0.05) is 18.3 Å². The zero-order valence-electron chi connectivity index (χ0n) is 8.64. The highest BCUT2D eigenvalue weighted by Crippen LogP contribution is 2.49. The number of esters is 1. The molecule has 1 heterocycles. The summed E-state index contributed by atoms with van der Waals surface area (Å²) in [5.41, 5.74) is 6.14. The topological polar surface area (TPSA) is 65.2 Å². The van der Waals surface area contributed by atoms with E-state index in [-0.39, 0.29) is 11.9 Å². The van der Waals surface area contributed by atoms with Crippen molar-refractivity contribution >= 4 is 5.97 Å². The number of carbonyl (C=O) groups is 1. The first kappa shape index (κ1) is 10.1. The third kappa shape index (κ3) is 1.72. The maximum absolute atomic E-state index is 11.5. The molecule has 2 N–H and O–H groups in total. The summed E-state index contributed by atoms with van der Waals surface area (Å²) in [5, 5.41) is 0. The van der Waals surface area contributed by atoms with Gasteiger partial charge in [0.25, 0.3) is 0 Å². The molecule has 1 aliphatic rings. The van der Waals surface area contributed by atoms with E-state index in [1.54, 1.807) is 19.3 Å². The molecule has 0 amide bonds. The predicted octanol–water partition coefficient (Wildman–Crippen LogP) is 0.829.